The summed E-state index contributed by atoms with van der Waals surface area (Å²) in [6, 6.07) is 13.1. The van der Waals surface area contributed by atoms with Crippen molar-refractivity contribution < 1.29 is 13.9 Å². The van der Waals surface area contributed by atoms with Crippen molar-refractivity contribution in [1.29, 1.82) is 0 Å². The van der Waals surface area contributed by atoms with Gasteiger partial charge >= 0.3 is 0 Å². The van der Waals surface area contributed by atoms with Gasteiger partial charge in [-0.1, -0.05) is 6.07 Å². The highest BCUT2D eigenvalue weighted by molar-refractivity contribution is 6.03. The van der Waals surface area contributed by atoms with E-state index in [1.54, 1.807) is 31.5 Å². The number of ether oxygens (including phenoxy) is 1. The Labute approximate surface area is 157 Å². The third-order valence-corrected chi connectivity index (χ3v) is 3.92. The van der Waals surface area contributed by atoms with Gasteiger partial charge in [0.05, 0.1) is 18.5 Å². The highest BCUT2D eigenvalue weighted by atomic mass is 19.1. The SMILES string of the molecule is COc1ccc(CN(C)C)cc1NC(=O)c1ccn(-c2ccc(F)cc2)n1. The predicted octanol–water partition coefficient (Wildman–Crippen LogP) is 3.33. The number of carbonyl (C=O) groups excluding carboxylic acids is 1. The molecule has 0 aliphatic heterocycles. The van der Waals surface area contributed by atoms with E-state index in [1.165, 1.54) is 16.8 Å². The summed E-state index contributed by atoms with van der Waals surface area (Å²) >= 11 is 0. The summed E-state index contributed by atoms with van der Waals surface area (Å²) < 4.78 is 19.9. The van der Waals surface area contributed by atoms with Crippen molar-refractivity contribution >= 4 is 11.6 Å². The number of benzene rings is 2. The number of aromatic nitrogens is 2. The maximum Gasteiger partial charge on any atom is 0.276 e. The van der Waals surface area contributed by atoms with Crippen LogP contribution in [-0.2, 0) is 6.54 Å². The number of methoxy groups -OCH3 is 1. The molecule has 2 aromatic carbocycles. The number of hydrogen-bond acceptors (Lipinski definition) is 4. The summed E-state index contributed by atoms with van der Waals surface area (Å²) in [5, 5.41) is 7.11. The molecule has 1 N–H and O–H groups in total. The van der Waals surface area contributed by atoms with Crippen molar-refractivity contribution in [3.63, 3.8) is 0 Å². The Bertz CT molecular complexity index is 935. The zero-order valence-electron chi connectivity index (χ0n) is 15.4. The number of carbonyl (C=O) groups is 1. The van der Waals surface area contributed by atoms with Crippen LogP contribution in [0.3, 0.4) is 0 Å². The molecule has 1 aromatic heterocycles. The summed E-state index contributed by atoms with van der Waals surface area (Å²) in [6.45, 7) is 0.742. The number of amides is 1. The Hall–Kier alpha value is -3.19. The molecule has 0 atom stereocenters. The van der Waals surface area contributed by atoms with E-state index in [0.717, 1.165) is 12.1 Å². The van der Waals surface area contributed by atoms with E-state index < -0.39 is 0 Å². The average Bonchev–Trinajstić information content (AvgIpc) is 3.12. The van der Waals surface area contributed by atoms with Crippen LogP contribution in [0.4, 0.5) is 10.1 Å². The highest BCUT2D eigenvalue weighted by Crippen LogP contribution is 2.26. The van der Waals surface area contributed by atoms with Gasteiger partial charge < -0.3 is 15.0 Å². The van der Waals surface area contributed by atoms with Gasteiger partial charge in [-0.2, -0.15) is 5.10 Å². The van der Waals surface area contributed by atoms with Gasteiger partial charge in [-0.25, -0.2) is 9.07 Å². The van der Waals surface area contributed by atoms with Crippen molar-refractivity contribution in [2.24, 2.45) is 0 Å². The number of hydrogen-bond donors (Lipinski definition) is 1. The molecule has 3 rings (SSSR count). The topological polar surface area (TPSA) is 59.4 Å². The molecule has 6 nitrogen and oxygen atoms in total. The van der Waals surface area contributed by atoms with E-state index in [1.807, 2.05) is 37.2 Å². The van der Waals surface area contributed by atoms with E-state index in [0.29, 0.717) is 17.1 Å². The van der Waals surface area contributed by atoms with Gasteiger partial charge in [-0.15, -0.1) is 0 Å². The van der Waals surface area contributed by atoms with Crippen LogP contribution in [0.5, 0.6) is 5.75 Å². The highest BCUT2D eigenvalue weighted by Gasteiger charge is 2.14. The maximum absolute atomic E-state index is 13.1. The number of anilines is 1. The van der Waals surface area contributed by atoms with Crippen LogP contribution in [-0.4, -0.2) is 41.8 Å². The first kappa shape index (κ1) is 18.6. The second-order valence-electron chi connectivity index (χ2n) is 6.35. The third-order valence-electron chi connectivity index (χ3n) is 3.92. The summed E-state index contributed by atoms with van der Waals surface area (Å²) in [4.78, 5) is 14.6. The minimum Gasteiger partial charge on any atom is -0.495 e. The summed E-state index contributed by atoms with van der Waals surface area (Å²) in [6.07, 6.45) is 1.65. The van der Waals surface area contributed by atoms with Crippen molar-refractivity contribution in [1.82, 2.24) is 14.7 Å². The fourth-order valence-electron chi connectivity index (χ4n) is 2.69. The number of nitrogens with zero attached hydrogens (tertiary/aromatic N) is 3. The molecule has 0 aliphatic carbocycles. The van der Waals surface area contributed by atoms with E-state index >= 15 is 0 Å². The Morgan fingerprint density at radius 1 is 1.19 bits per heavy atom. The Kier molecular flexibility index (Phi) is 5.52. The standard InChI is InChI=1S/C20H21FN4O2/c1-24(2)13-14-4-9-19(27-3)18(12-14)22-20(26)17-10-11-25(23-17)16-7-5-15(21)6-8-16/h4-12H,13H2,1-3H3,(H,22,26). The summed E-state index contributed by atoms with van der Waals surface area (Å²) in [5.74, 6) is -0.103. The van der Waals surface area contributed by atoms with Gasteiger partial charge in [0.2, 0.25) is 0 Å². The van der Waals surface area contributed by atoms with Gasteiger partial charge in [-0.05, 0) is 62.1 Å². The van der Waals surface area contributed by atoms with Gasteiger partial charge in [-0.3, -0.25) is 4.79 Å². The Morgan fingerprint density at radius 2 is 1.93 bits per heavy atom. The molecule has 7 heteroatoms. The molecule has 0 bridgehead atoms. The third kappa shape index (κ3) is 4.51. The van der Waals surface area contributed by atoms with Crippen LogP contribution in [0, 0.1) is 5.82 Å². The molecule has 0 saturated carbocycles. The molecular weight excluding hydrogens is 347 g/mol. The van der Waals surface area contributed by atoms with Crippen molar-refractivity contribution in [3.8, 4) is 11.4 Å². The molecule has 0 aliphatic rings. The zero-order chi connectivity index (χ0) is 19.4. The number of nitrogens with one attached hydrogen (secondary N) is 1. The summed E-state index contributed by atoms with van der Waals surface area (Å²) in [7, 11) is 5.51. The van der Waals surface area contributed by atoms with E-state index in [-0.39, 0.29) is 17.4 Å². The van der Waals surface area contributed by atoms with E-state index in [4.69, 9.17) is 4.74 Å². The van der Waals surface area contributed by atoms with Crippen molar-refractivity contribution in [3.05, 3.63) is 71.8 Å². The van der Waals surface area contributed by atoms with Gasteiger partial charge in [0.25, 0.3) is 5.91 Å². The molecule has 1 amide bonds. The van der Waals surface area contributed by atoms with Crippen LogP contribution in [0.15, 0.2) is 54.7 Å². The fraction of sp³-hybridized carbons (Fsp3) is 0.200. The number of rotatable bonds is 6. The second-order valence-corrected chi connectivity index (χ2v) is 6.35. The fourth-order valence-corrected chi connectivity index (χ4v) is 2.69. The van der Waals surface area contributed by atoms with Crippen LogP contribution >= 0.6 is 0 Å². The maximum atomic E-state index is 13.1. The Balaban J connectivity index is 1.80. The van der Waals surface area contributed by atoms with Crippen molar-refractivity contribution in [2.45, 2.75) is 6.54 Å². The van der Waals surface area contributed by atoms with Gasteiger partial charge in [0, 0.05) is 12.7 Å². The van der Waals surface area contributed by atoms with Crippen LogP contribution in [0.25, 0.3) is 5.69 Å². The molecule has 0 unspecified atom stereocenters. The lowest BCUT2D eigenvalue weighted by Gasteiger charge is -2.14. The molecule has 0 saturated heterocycles. The van der Waals surface area contributed by atoms with Crippen LogP contribution in [0.2, 0.25) is 0 Å². The summed E-state index contributed by atoms with van der Waals surface area (Å²) in [5.41, 5.74) is 2.55. The monoisotopic (exact) mass is 368 g/mol. The first-order chi connectivity index (χ1) is 13.0. The second kappa shape index (κ2) is 8.01. The molecule has 140 valence electrons. The normalized spacial score (nSPS) is 10.9. The quantitative estimate of drug-likeness (QED) is 0.725. The lowest BCUT2D eigenvalue weighted by molar-refractivity contribution is 0.102. The molecule has 1 heterocycles. The lowest BCUT2D eigenvalue weighted by atomic mass is 10.1. The van der Waals surface area contributed by atoms with Gasteiger partial charge in [0.15, 0.2) is 5.69 Å². The average molecular weight is 368 g/mol. The molecular formula is C20H21FN4O2. The molecule has 0 fully saturated rings. The first-order valence-corrected chi connectivity index (χ1v) is 8.41. The van der Waals surface area contributed by atoms with Gasteiger partial charge in [0.1, 0.15) is 11.6 Å². The zero-order valence-corrected chi connectivity index (χ0v) is 15.4. The first-order valence-electron chi connectivity index (χ1n) is 8.41. The predicted molar refractivity (Wildman–Crippen MR) is 102 cm³/mol. The Morgan fingerprint density at radius 3 is 2.59 bits per heavy atom. The number of halogens is 1. The minimum atomic E-state index is -0.351. The van der Waals surface area contributed by atoms with E-state index in [9.17, 15) is 9.18 Å². The van der Waals surface area contributed by atoms with E-state index in [2.05, 4.69) is 10.4 Å². The largest absolute Gasteiger partial charge is 0.495 e. The smallest absolute Gasteiger partial charge is 0.276 e. The van der Waals surface area contributed by atoms with Crippen LogP contribution in [0.1, 0.15) is 16.1 Å². The van der Waals surface area contributed by atoms with Crippen LogP contribution < -0.4 is 10.1 Å². The lowest BCUT2D eigenvalue weighted by Crippen LogP contribution is -2.15. The van der Waals surface area contributed by atoms with Crippen molar-refractivity contribution in [2.75, 3.05) is 26.5 Å². The molecule has 0 radical (unpaired) electrons. The molecule has 0 spiro atoms. The molecule has 27 heavy (non-hydrogen) atoms. The minimum absolute atomic E-state index is 0.249. The molecule has 3 aromatic rings.